The molecule has 2 rings (SSSR count). The highest BCUT2D eigenvalue weighted by Crippen LogP contribution is 2.26. The lowest BCUT2D eigenvalue weighted by Crippen LogP contribution is -2.61. The molecule has 1 aromatic rings. The van der Waals surface area contributed by atoms with E-state index in [-0.39, 0.29) is 5.75 Å². The number of halogens is 2. The van der Waals surface area contributed by atoms with Gasteiger partial charge in [-0.15, -0.1) is 0 Å². The van der Waals surface area contributed by atoms with Crippen molar-refractivity contribution in [2.75, 3.05) is 13.1 Å². The minimum atomic E-state index is -0.766. The molecular formula is C9H10F2N2O. The lowest BCUT2D eigenvalue weighted by molar-refractivity contribution is 0.0270. The molecule has 0 aliphatic carbocycles. The van der Waals surface area contributed by atoms with Crippen molar-refractivity contribution < 1.29 is 13.5 Å². The first kappa shape index (κ1) is 9.33. The maximum Gasteiger partial charge on any atom is 0.194 e. The van der Waals surface area contributed by atoms with Crippen LogP contribution in [0.4, 0.5) is 8.78 Å². The van der Waals surface area contributed by atoms with Crippen molar-refractivity contribution in [3.8, 4) is 5.75 Å². The van der Waals surface area contributed by atoms with Crippen molar-refractivity contribution in [1.82, 2.24) is 10.3 Å². The Balaban J connectivity index is 2.23. The zero-order chi connectivity index (χ0) is 10.2. The van der Waals surface area contributed by atoms with Gasteiger partial charge in [0.05, 0.1) is 12.4 Å². The molecule has 14 heavy (non-hydrogen) atoms. The zero-order valence-electron chi connectivity index (χ0n) is 7.68. The highest BCUT2D eigenvalue weighted by Gasteiger charge is 2.35. The van der Waals surface area contributed by atoms with E-state index in [9.17, 15) is 8.78 Å². The summed E-state index contributed by atoms with van der Waals surface area (Å²) in [6.45, 7) is 2.98. The molecule has 0 saturated carbocycles. The summed E-state index contributed by atoms with van der Waals surface area (Å²) in [5, 5.41) is 2.98. The van der Waals surface area contributed by atoms with Crippen LogP contribution in [0.1, 0.15) is 6.92 Å². The third-order valence-electron chi connectivity index (χ3n) is 2.16. The Morgan fingerprint density at radius 3 is 2.36 bits per heavy atom. The molecule has 0 amide bonds. The zero-order valence-corrected chi connectivity index (χ0v) is 7.68. The molecule has 1 aliphatic heterocycles. The van der Waals surface area contributed by atoms with Crippen LogP contribution < -0.4 is 10.1 Å². The van der Waals surface area contributed by atoms with Crippen LogP contribution in [-0.4, -0.2) is 23.7 Å². The van der Waals surface area contributed by atoms with Gasteiger partial charge in [0, 0.05) is 13.1 Å². The molecule has 1 fully saturated rings. The lowest BCUT2D eigenvalue weighted by Gasteiger charge is -2.39. The van der Waals surface area contributed by atoms with E-state index in [4.69, 9.17) is 4.74 Å². The van der Waals surface area contributed by atoms with Gasteiger partial charge in [-0.2, -0.15) is 0 Å². The van der Waals surface area contributed by atoms with E-state index in [2.05, 4.69) is 10.3 Å². The molecule has 0 unspecified atom stereocenters. The minimum Gasteiger partial charge on any atom is -0.479 e. The Labute approximate surface area is 80.1 Å². The standard InChI is InChI=1S/C9H10F2N2O/c1-9(4-13-5-9)14-8-6(10)2-12-3-7(8)11/h2-3,13H,4-5H2,1H3. The summed E-state index contributed by atoms with van der Waals surface area (Å²) in [4.78, 5) is 3.37. The fraction of sp³-hybridized carbons (Fsp3) is 0.444. The number of hydrogen-bond donors (Lipinski definition) is 1. The molecule has 1 saturated heterocycles. The van der Waals surface area contributed by atoms with Crippen molar-refractivity contribution in [3.63, 3.8) is 0 Å². The number of ether oxygens (including phenoxy) is 1. The largest absolute Gasteiger partial charge is 0.479 e. The van der Waals surface area contributed by atoms with E-state index >= 15 is 0 Å². The molecule has 0 aromatic carbocycles. The molecule has 1 N–H and O–H groups in total. The van der Waals surface area contributed by atoms with Crippen molar-refractivity contribution in [2.24, 2.45) is 0 Å². The normalized spacial score (nSPS) is 18.8. The molecule has 5 heteroatoms. The molecule has 0 radical (unpaired) electrons. The molecule has 76 valence electrons. The Morgan fingerprint density at radius 1 is 1.36 bits per heavy atom. The summed E-state index contributed by atoms with van der Waals surface area (Å²) in [5.41, 5.74) is -0.511. The quantitative estimate of drug-likeness (QED) is 0.776. The molecule has 0 spiro atoms. The first-order valence-electron chi connectivity index (χ1n) is 4.29. The number of aromatic nitrogens is 1. The van der Waals surface area contributed by atoms with E-state index in [1.165, 1.54) is 0 Å². The van der Waals surface area contributed by atoms with Crippen LogP contribution in [-0.2, 0) is 0 Å². The van der Waals surface area contributed by atoms with E-state index in [1.54, 1.807) is 6.92 Å². The van der Waals surface area contributed by atoms with Crippen molar-refractivity contribution in [1.29, 1.82) is 0 Å². The molecule has 0 bridgehead atoms. The second-order valence-corrected chi connectivity index (χ2v) is 3.59. The predicted molar refractivity (Wildman–Crippen MR) is 46.1 cm³/mol. The Morgan fingerprint density at radius 2 is 1.93 bits per heavy atom. The van der Waals surface area contributed by atoms with Gasteiger partial charge >= 0.3 is 0 Å². The highest BCUT2D eigenvalue weighted by atomic mass is 19.1. The molecule has 1 aliphatic rings. The van der Waals surface area contributed by atoms with Gasteiger partial charge in [-0.3, -0.25) is 4.98 Å². The van der Waals surface area contributed by atoms with Crippen LogP contribution in [0.15, 0.2) is 12.4 Å². The number of hydrogen-bond acceptors (Lipinski definition) is 3. The molecule has 2 heterocycles. The van der Waals surface area contributed by atoms with E-state index in [1.807, 2.05) is 0 Å². The summed E-state index contributed by atoms with van der Waals surface area (Å²) < 4.78 is 31.4. The number of nitrogens with zero attached hydrogens (tertiary/aromatic N) is 1. The predicted octanol–water partition coefficient (Wildman–Crippen LogP) is 1.10. The van der Waals surface area contributed by atoms with Gasteiger partial charge in [0.25, 0.3) is 0 Å². The topological polar surface area (TPSA) is 34.1 Å². The average molecular weight is 200 g/mol. The van der Waals surface area contributed by atoms with Crippen molar-refractivity contribution in [2.45, 2.75) is 12.5 Å². The average Bonchev–Trinajstić information content (AvgIpc) is 2.09. The van der Waals surface area contributed by atoms with Gasteiger partial charge in [0.15, 0.2) is 17.4 Å². The second-order valence-electron chi connectivity index (χ2n) is 3.59. The summed E-state index contributed by atoms with van der Waals surface area (Å²) in [6, 6.07) is 0. The summed E-state index contributed by atoms with van der Waals surface area (Å²) >= 11 is 0. The molecule has 1 aromatic heterocycles. The van der Waals surface area contributed by atoms with Crippen LogP contribution in [0, 0.1) is 11.6 Å². The van der Waals surface area contributed by atoms with E-state index in [0.29, 0.717) is 13.1 Å². The number of rotatable bonds is 2. The van der Waals surface area contributed by atoms with Gasteiger partial charge in [0.2, 0.25) is 0 Å². The minimum absolute atomic E-state index is 0.344. The SMILES string of the molecule is CC1(Oc2c(F)cncc2F)CNC1. The summed E-state index contributed by atoms with van der Waals surface area (Å²) in [5.74, 6) is -1.87. The highest BCUT2D eigenvalue weighted by molar-refractivity contribution is 5.24. The van der Waals surface area contributed by atoms with Crippen molar-refractivity contribution in [3.05, 3.63) is 24.0 Å². The van der Waals surface area contributed by atoms with Crippen LogP contribution in [0.3, 0.4) is 0 Å². The van der Waals surface area contributed by atoms with Gasteiger partial charge < -0.3 is 10.1 Å². The van der Waals surface area contributed by atoms with Crippen LogP contribution in [0.25, 0.3) is 0 Å². The molecule has 3 nitrogen and oxygen atoms in total. The van der Waals surface area contributed by atoms with Crippen molar-refractivity contribution >= 4 is 0 Å². The van der Waals surface area contributed by atoms with Gasteiger partial charge in [-0.05, 0) is 6.92 Å². The molecular weight excluding hydrogens is 190 g/mol. The number of pyridine rings is 1. The maximum atomic E-state index is 13.1. The summed E-state index contributed by atoms with van der Waals surface area (Å²) in [7, 11) is 0. The maximum absolute atomic E-state index is 13.1. The molecule has 0 atom stereocenters. The monoisotopic (exact) mass is 200 g/mol. The second kappa shape index (κ2) is 3.16. The van der Waals surface area contributed by atoms with E-state index < -0.39 is 17.2 Å². The third kappa shape index (κ3) is 1.55. The smallest absolute Gasteiger partial charge is 0.194 e. The van der Waals surface area contributed by atoms with Crippen LogP contribution in [0.5, 0.6) is 5.75 Å². The first-order chi connectivity index (χ1) is 6.61. The van der Waals surface area contributed by atoms with Gasteiger partial charge in [0.1, 0.15) is 5.60 Å². The van der Waals surface area contributed by atoms with Crippen LogP contribution in [0.2, 0.25) is 0 Å². The Bertz CT molecular complexity index is 332. The van der Waals surface area contributed by atoms with Gasteiger partial charge in [-0.25, -0.2) is 8.78 Å². The number of nitrogens with one attached hydrogen (secondary N) is 1. The third-order valence-corrected chi connectivity index (χ3v) is 2.16. The fourth-order valence-corrected chi connectivity index (χ4v) is 1.29. The fourth-order valence-electron chi connectivity index (χ4n) is 1.29. The first-order valence-corrected chi connectivity index (χ1v) is 4.29. The Hall–Kier alpha value is -1.23. The lowest BCUT2D eigenvalue weighted by atomic mass is 10.00. The van der Waals surface area contributed by atoms with Gasteiger partial charge in [-0.1, -0.05) is 0 Å². The summed E-state index contributed by atoms with van der Waals surface area (Å²) in [6.07, 6.45) is 1.88. The Kier molecular flexibility index (Phi) is 2.11. The van der Waals surface area contributed by atoms with Crippen LogP contribution >= 0.6 is 0 Å². The van der Waals surface area contributed by atoms with E-state index in [0.717, 1.165) is 12.4 Å².